The van der Waals surface area contributed by atoms with Gasteiger partial charge in [0.25, 0.3) is 0 Å². The van der Waals surface area contributed by atoms with Crippen LogP contribution in [0.2, 0.25) is 0 Å². The van der Waals surface area contributed by atoms with Crippen molar-refractivity contribution in [3.05, 3.63) is 63.6 Å². The highest BCUT2D eigenvalue weighted by atomic mass is 79.9. The quantitative estimate of drug-likeness (QED) is 0.915. The van der Waals surface area contributed by atoms with Crippen molar-refractivity contribution in [2.24, 2.45) is 0 Å². The van der Waals surface area contributed by atoms with E-state index in [1.54, 1.807) is 12.1 Å². The molecule has 0 bridgehead atoms. The van der Waals surface area contributed by atoms with Crippen LogP contribution in [-0.4, -0.2) is 18.1 Å². The molecule has 20 heavy (non-hydrogen) atoms. The summed E-state index contributed by atoms with van der Waals surface area (Å²) in [6, 6.07) is 13.3. The number of benzene rings is 2. The highest BCUT2D eigenvalue weighted by molar-refractivity contribution is 9.10. The van der Waals surface area contributed by atoms with Gasteiger partial charge < -0.3 is 10.0 Å². The summed E-state index contributed by atoms with van der Waals surface area (Å²) in [4.78, 5) is 13.3. The fourth-order valence-corrected chi connectivity index (χ4v) is 2.48. The molecular weight excluding hydrogens is 318 g/mol. The van der Waals surface area contributed by atoms with E-state index in [2.05, 4.69) is 35.0 Å². The minimum atomic E-state index is -0.913. The Kier molecular flexibility index (Phi) is 4.45. The number of carboxylic acids is 1. The molecule has 1 N–H and O–H groups in total. The van der Waals surface area contributed by atoms with Gasteiger partial charge in [0, 0.05) is 18.1 Å². The lowest BCUT2D eigenvalue weighted by Crippen LogP contribution is -2.20. The zero-order valence-corrected chi connectivity index (χ0v) is 13.0. The monoisotopic (exact) mass is 333 g/mol. The van der Waals surface area contributed by atoms with E-state index in [-0.39, 0.29) is 0 Å². The fourth-order valence-electron chi connectivity index (χ4n) is 2.13. The molecule has 2 aromatic carbocycles. The van der Waals surface area contributed by atoms with Gasteiger partial charge in [0.15, 0.2) is 0 Å². The van der Waals surface area contributed by atoms with E-state index < -0.39 is 5.97 Å². The Morgan fingerprint density at radius 2 is 1.95 bits per heavy atom. The van der Waals surface area contributed by atoms with Crippen molar-refractivity contribution in [1.29, 1.82) is 0 Å². The zero-order valence-electron chi connectivity index (χ0n) is 11.4. The van der Waals surface area contributed by atoms with E-state index >= 15 is 0 Å². The summed E-state index contributed by atoms with van der Waals surface area (Å²) >= 11 is 3.39. The normalized spacial score (nSPS) is 10.3. The van der Waals surface area contributed by atoms with Gasteiger partial charge in [-0.15, -0.1) is 0 Å². The molecule has 2 rings (SSSR count). The van der Waals surface area contributed by atoms with Crippen molar-refractivity contribution in [2.75, 3.05) is 11.9 Å². The number of hydrogen-bond donors (Lipinski definition) is 1. The van der Waals surface area contributed by atoms with Gasteiger partial charge in [0.1, 0.15) is 0 Å². The van der Waals surface area contributed by atoms with Crippen LogP contribution in [0.15, 0.2) is 46.9 Å². The standard InChI is InChI=1S/C16H16BrNO2/c1-11-5-3-4-6-12(11)10-18(2)15-9-13(17)7-8-14(15)16(19)20/h3-9H,10H2,1-2H3,(H,19,20). The second kappa shape index (κ2) is 6.09. The number of nitrogens with zero attached hydrogens (tertiary/aromatic N) is 1. The van der Waals surface area contributed by atoms with E-state index in [9.17, 15) is 9.90 Å². The van der Waals surface area contributed by atoms with Gasteiger partial charge in [-0.25, -0.2) is 4.79 Å². The number of halogens is 1. The molecule has 2 aromatic rings. The maximum Gasteiger partial charge on any atom is 0.337 e. The first-order chi connectivity index (χ1) is 9.49. The fraction of sp³-hybridized carbons (Fsp3) is 0.188. The first kappa shape index (κ1) is 14.6. The van der Waals surface area contributed by atoms with Crippen LogP contribution in [0.4, 0.5) is 5.69 Å². The molecule has 0 unspecified atom stereocenters. The third-order valence-electron chi connectivity index (χ3n) is 3.27. The van der Waals surface area contributed by atoms with E-state index in [4.69, 9.17) is 0 Å². The summed E-state index contributed by atoms with van der Waals surface area (Å²) in [6.45, 7) is 2.73. The number of carbonyl (C=O) groups is 1. The first-order valence-corrected chi connectivity index (χ1v) is 7.07. The van der Waals surface area contributed by atoms with E-state index in [0.29, 0.717) is 17.8 Å². The third kappa shape index (κ3) is 3.20. The Morgan fingerprint density at radius 3 is 2.60 bits per heavy atom. The Labute approximate surface area is 127 Å². The molecule has 0 aliphatic heterocycles. The van der Waals surface area contributed by atoms with Crippen LogP contribution in [0.5, 0.6) is 0 Å². The van der Waals surface area contributed by atoms with Crippen molar-refractivity contribution in [3.63, 3.8) is 0 Å². The molecular formula is C16H16BrNO2. The highest BCUT2D eigenvalue weighted by Crippen LogP contribution is 2.26. The molecule has 0 atom stereocenters. The molecule has 4 heteroatoms. The minimum Gasteiger partial charge on any atom is -0.478 e. The number of carboxylic acid groups (broad SMARTS) is 1. The summed E-state index contributed by atoms with van der Waals surface area (Å²) in [5.41, 5.74) is 3.40. The Hall–Kier alpha value is -1.81. The van der Waals surface area contributed by atoms with Crippen LogP contribution in [-0.2, 0) is 6.54 Å². The van der Waals surface area contributed by atoms with Gasteiger partial charge in [-0.3, -0.25) is 0 Å². The summed E-state index contributed by atoms with van der Waals surface area (Å²) in [6.07, 6.45) is 0. The average molecular weight is 334 g/mol. The van der Waals surface area contributed by atoms with Crippen molar-refractivity contribution >= 4 is 27.6 Å². The highest BCUT2D eigenvalue weighted by Gasteiger charge is 2.14. The molecule has 0 amide bonds. The first-order valence-electron chi connectivity index (χ1n) is 6.27. The molecule has 3 nitrogen and oxygen atoms in total. The van der Waals surface area contributed by atoms with Crippen LogP contribution < -0.4 is 4.90 Å². The van der Waals surface area contributed by atoms with Gasteiger partial charge in [-0.2, -0.15) is 0 Å². The van der Waals surface area contributed by atoms with Crippen LogP contribution in [0.25, 0.3) is 0 Å². The van der Waals surface area contributed by atoms with Crippen molar-refractivity contribution < 1.29 is 9.90 Å². The smallest absolute Gasteiger partial charge is 0.337 e. The molecule has 0 aliphatic carbocycles. The van der Waals surface area contributed by atoms with Gasteiger partial charge >= 0.3 is 5.97 Å². The molecule has 0 saturated heterocycles. The van der Waals surface area contributed by atoms with Gasteiger partial charge in [-0.05, 0) is 36.2 Å². The third-order valence-corrected chi connectivity index (χ3v) is 3.76. The van der Waals surface area contributed by atoms with E-state index in [1.165, 1.54) is 11.1 Å². The molecule has 0 radical (unpaired) electrons. The number of aryl methyl sites for hydroxylation is 1. The lowest BCUT2D eigenvalue weighted by Gasteiger charge is -2.22. The van der Waals surface area contributed by atoms with Crippen molar-refractivity contribution in [3.8, 4) is 0 Å². The molecule has 0 fully saturated rings. The largest absolute Gasteiger partial charge is 0.478 e. The number of rotatable bonds is 4. The number of anilines is 1. The zero-order chi connectivity index (χ0) is 14.7. The summed E-state index contributed by atoms with van der Waals surface area (Å²) in [5.74, 6) is -0.913. The molecule has 0 saturated carbocycles. The maximum atomic E-state index is 11.3. The summed E-state index contributed by atoms with van der Waals surface area (Å²) in [7, 11) is 1.90. The number of hydrogen-bond acceptors (Lipinski definition) is 2. The van der Waals surface area contributed by atoms with Crippen molar-refractivity contribution in [2.45, 2.75) is 13.5 Å². The second-order valence-electron chi connectivity index (χ2n) is 4.75. The second-order valence-corrected chi connectivity index (χ2v) is 5.66. The lowest BCUT2D eigenvalue weighted by atomic mass is 10.1. The Bertz CT molecular complexity index is 640. The minimum absolute atomic E-state index is 0.310. The number of aromatic carboxylic acids is 1. The average Bonchev–Trinajstić information content (AvgIpc) is 2.40. The predicted octanol–water partition coefficient (Wildman–Crippen LogP) is 4.09. The van der Waals surface area contributed by atoms with Crippen molar-refractivity contribution in [1.82, 2.24) is 0 Å². The van der Waals surface area contributed by atoms with Gasteiger partial charge in [-0.1, -0.05) is 40.2 Å². The predicted molar refractivity (Wildman–Crippen MR) is 84.4 cm³/mol. The van der Waals surface area contributed by atoms with Crippen LogP contribution >= 0.6 is 15.9 Å². The molecule has 0 spiro atoms. The molecule has 0 heterocycles. The Morgan fingerprint density at radius 1 is 1.25 bits per heavy atom. The summed E-state index contributed by atoms with van der Waals surface area (Å²) < 4.78 is 0.870. The van der Waals surface area contributed by atoms with Crippen LogP contribution in [0.3, 0.4) is 0 Å². The topological polar surface area (TPSA) is 40.5 Å². The van der Waals surface area contributed by atoms with Crippen LogP contribution in [0, 0.1) is 6.92 Å². The Balaban J connectivity index is 2.34. The molecule has 104 valence electrons. The van der Waals surface area contributed by atoms with Gasteiger partial charge in [0.05, 0.1) is 11.3 Å². The van der Waals surface area contributed by atoms with E-state index in [1.807, 2.05) is 30.1 Å². The molecule has 0 aliphatic rings. The SMILES string of the molecule is Cc1ccccc1CN(C)c1cc(Br)ccc1C(=O)O. The van der Waals surface area contributed by atoms with Gasteiger partial charge in [0.2, 0.25) is 0 Å². The maximum absolute atomic E-state index is 11.3. The summed E-state index contributed by atoms with van der Waals surface area (Å²) in [5, 5.41) is 9.28. The lowest BCUT2D eigenvalue weighted by molar-refractivity contribution is 0.0697. The van der Waals surface area contributed by atoms with Crippen LogP contribution in [0.1, 0.15) is 21.5 Å². The van der Waals surface area contributed by atoms with E-state index in [0.717, 1.165) is 4.47 Å². The molecule has 0 aromatic heterocycles.